The van der Waals surface area contributed by atoms with Gasteiger partial charge in [-0.1, -0.05) is 18.2 Å². The molecule has 1 heterocycles. The Bertz CT molecular complexity index is 736. The fourth-order valence-electron chi connectivity index (χ4n) is 2.12. The van der Waals surface area contributed by atoms with Crippen molar-refractivity contribution in [2.45, 2.75) is 13.5 Å². The Hall–Kier alpha value is -2.07. The monoisotopic (exact) mass is 284 g/mol. The van der Waals surface area contributed by atoms with Crippen molar-refractivity contribution in [3.8, 4) is 5.75 Å². The zero-order valence-electron chi connectivity index (χ0n) is 11.5. The number of anilines is 1. The van der Waals surface area contributed by atoms with Crippen LogP contribution in [0.2, 0.25) is 0 Å². The molecule has 1 aromatic heterocycles. The fraction of sp³-hybridized carbons (Fsp3) is 0.188. The molecule has 0 fully saturated rings. The molecule has 0 amide bonds. The molecule has 0 bridgehead atoms. The van der Waals surface area contributed by atoms with Crippen LogP contribution < -0.4 is 10.1 Å². The zero-order valence-corrected chi connectivity index (χ0v) is 12.3. The summed E-state index contributed by atoms with van der Waals surface area (Å²) in [6, 6.07) is 12.6. The highest BCUT2D eigenvalue weighted by atomic mass is 32.1. The molecular formula is C16H16N2OS. The predicted molar refractivity (Wildman–Crippen MR) is 84.7 cm³/mol. The number of nitrogens with one attached hydrogen (secondary N) is 1. The summed E-state index contributed by atoms with van der Waals surface area (Å²) >= 11 is 1.68. The van der Waals surface area contributed by atoms with Crippen molar-refractivity contribution in [1.82, 2.24) is 4.98 Å². The molecule has 0 aliphatic rings. The van der Waals surface area contributed by atoms with Crippen LogP contribution in [0.5, 0.6) is 5.75 Å². The maximum atomic E-state index is 5.24. The average molecular weight is 284 g/mol. The molecule has 0 saturated carbocycles. The average Bonchev–Trinajstić information content (AvgIpc) is 2.90. The first kappa shape index (κ1) is 12.9. The second-order valence-corrected chi connectivity index (χ2v) is 5.91. The van der Waals surface area contributed by atoms with Crippen molar-refractivity contribution in [2.75, 3.05) is 12.4 Å². The van der Waals surface area contributed by atoms with E-state index in [0.717, 1.165) is 17.4 Å². The molecule has 4 heteroatoms. The standard InChI is InChI=1S/C16H16N2OS/c1-11-9-17-16(20-11)18-10-12-3-4-14-8-15(19-2)6-5-13(14)7-12/h3-9H,10H2,1-2H3,(H,17,18). The first-order chi connectivity index (χ1) is 9.74. The zero-order chi connectivity index (χ0) is 13.9. The van der Waals surface area contributed by atoms with E-state index in [1.807, 2.05) is 12.3 Å². The van der Waals surface area contributed by atoms with Crippen LogP contribution in [0, 0.1) is 6.92 Å². The van der Waals surface area contributed by atoms with Gasteiger partial charge in [0.2, 0.25) is 0 Å². The highest BCUT2D eigenvalue weighted by molar-refractivity contribution is 7.15. The van der Waals surface area contributed by atoms with Crippen LogP contribution in [0.3, 0.4) is 0 Å². The molecule has 3 nitrogen and oxygen atoms in total. The minimum atomic E-state index is 0.787. The van der Waals surface area contributed by atoms with Gasteiger partial charge in [-0.25, -0.2) is 4.98 Å². The molecule has 3 aromatic rings. The Labute approximate surface area is 122 Å². The van der Waals surface area contributed by atoms with Crippen LogP contribution in [0.4, 0.5) is 5.13 Å². The lowest BCUT2D eigenvalue weighted by atomic mass is 10.1. The molecule has 0 unspecified atom stereocenters. The third-order valence-electron chi connectivity index (χ3n) is 3.18. The fourth-order valence-corrected chi connectivity index (χ4v) is 2.78. The molecule has 0 aliphatic heterocycles. The third kappa shape index (κ3) is 2.75. The van der Waals surface area contributed by atoms with Crippen LogP contribution in [0.25, 0.3) is 10.8 Å². The van der Waals surface area contributed by atoms with Gasteiger partial charge in [-0.05, 0) is 41.5 Å². The van der Waals surface area contributed by atoms with E-state index in [2.05, 4.69) is 47.6 Å². The lowest BCUT2D eigenvalue weighted by molar-refractivity contribution is 0.415. The lowest BCUT2D eigenvalue weighted by Crippen LogP contribution is -1.98. The summed E-state index contributed by atoms with van der Waals surface area (Å²) in [6.07, 6.45) is 1.89. The van der Waals surface area contributed by atoms with E-state index in [1.54, 1.807) is 18.4 Å². The van der Waals surface area contributed by atoms with Gasteiger partial charge in [-0.3, -0.25) is 0 Å². The number of methoxy groups -OCH3 is 1. The normalized spacial score (nSPS) is 10.7. The highest BCUT2D eigenvalue weighted by Gasteiger charge is 2.01. The number of ether oxygens (including phenoxy) is 1. The molecule has 0 saturated heterocycles. The maximum absolute atomic E-state index is 5.24. The molecule has 0 spiro atoms. The molecule has 0 radical (unpaired) electrons. The molecule has 20 heavy (non-hydrogen) atoms. The first-order valence-electron chi connectivity index (χ1n) is 6.47. The summed E-state index contributed by atoms with van der Waals surface area (Å²) in [7, 11) is 1.69. The van der Waals surface area contributed by atoms with Crippen molar-refractivity contribution >= 4 is 27.2 Å². The molecular weight excluding hydrogens is 268 g/mol. The number of aromatic nitrogens is 1. The Morgan fingerprint density at radius 1 is 1.15 bits per heavy atom. The van der Waals surface area contributed by atoms with E-state index in [0.29, 0.717) is 0 Å². The van der Waals surface area contributed by atoms with Gasteiger partial charge >= 0.3 is 0 Å². The van der Waals surface area contributed by atoms with Crippen molar-refractivity contribution < 1.29 is 4.74 Å². The van der Waals surface area contributed by atoms with Crippen molar-refractivity contribution in [1.29, 1.82) is 0 Å². The van der Waals surface area contributed by atoms with E-state index >= 15 is 0 Å². The van der Waals surface area contributed by atoms with Gasteiger partial charge in [-0.2, -0.15) is 0 Å². The SMILES string of the molecule is COc1ccc2cc(CNc3ncc(C)s3)ccc2c1. The van der Waals surface area contributed by atoms with Crippen LogP contribution in [-0.2, 0) is 6.54 Å². The summed E-state index contributed by atoms with van der Waals surface area (Å²) < 4.78 is 5.24. The van der Waals surface area contributed by atoms with Crippen LogP contribution in [0.15, 0.2) is 42.6 Å². The van der Waals surface area contributed by atoms with Gasteiger partial charge in [0.05, 0.1) is 7.11 Å². The summed E-state index contributed by atoms with van der Waals surface area (Å²) in [6.45, 7) is 2.85. The summed E-state index contributed by atoms with van der Waals surface area (Å²) in [5, 5.41) is 6.74. The number of thiazole rings is 1. The minimum Gasteiger partial charge on any atom is -0.497 e. The topological polar surface area (TPSA) is 34.1 Å². The van der Waals surface area contributed by atoms with E-state index in [-0.39, 0.29) is 0 Å². The van der Waals surface area contributed by atoms with Crippen molar-refractivity contribution in [3.63, 3.8) is 0 Å². The molecule has 0 atom stereocenters. The van der Waals surface area contributed by atoms with Gasteiger partial charge in [-0.15, -0.1) is 11.3 Å². The quantitative estimate of drug-likeness (QED) is 0.778. The molecule has 0 aliphatic carbocycles. The van der Waals surface area contributed by atoms with Crippen LogP contribution in [-0.4, -0.2) is 12.1 Å². The molecule has 102 valence electrons. The van der Waals surface area contributed by atoms with Crippen molar-refractivity contribution in [3.05, 3.63) is 53.0 Å². The summed E-state index contributed by atoms with van der Waals surface area (Å²) in [5.74, 6) is 0.890. The second-order valence-electron chi connectivity index (χ2n) is 4.68. The lowest BCUT2D eigenvalue weighted by Gasteiger charge is -2.06. The molecule has 1 N–H and O–H groups in total. The van der Waals surface area contributed by atoms with E-state index in [4.69, 9.17) is 4.74 Å². The number of nitrogens with zero attached hydrogens (tertiary/aromatic N) is 1. The van der Waals surface area contributed by atoms with Gasteiger partial charge < -0.3 is 10.1 Å². The Kier molecular flexibility index (Phi) is 3.56. The first-order valence-corrected chi connectivity index (χ1v) is 7.29. The predicted octanol–water partition coefficient (Wildman–Crippen LogP) is 4.23. The number of hydrogen-bond donors (Lipinski definition) is 1. The number of hydrogen-bond acceptors (Lipinski definition) is 4. The molecule has 2 aromatic carbocycles. The number of rotatable bonds is 4. The van der Waals surface area contributed by atoms with E-state index in [1.165, 1.54) is 21.2 Å². The van der Waals surface area contributed by atoms with Gasteiger partial charge in [0.1, 0.15) is 5.75 Å². The number of fused-ring (bicyclic) bond motifs is 1. The van der Waals surface area contributed by atoms with Crippen molar-refractivity contribution in [2.24, 2.45) is 0 Å². The Morgan fingerprint density at radius 2 is 1.95 bits per heavy atom. The summed E-state index contributed by atoms with van der Waals surface area (Å²) in [5.41, 5.74) is 1.25. The highest BCUT2D eigenvalue weighted by Crippen LogP contribution is 2.23. The van der Waals surface area contributed by atoms with E-state index < -0.39 is 0 Å². The summed E-state index contributed by atoms with van der Waals surface area (Å²) in [4.78, 5) is 5.53. The van der Waals surface area contributed by atoms with E-state index in [9.17, 15) is 0 Å². The number of benzene rings is 2. The smallest absolute Gasteiger partial charge is 0.183 e. The maximum Gasteiger partial charge on any atom is 0.183 e. The molecule has 3 rings (SSSR count). The van der Waals surface area contributed by atoms with Crippen LogP contribution >= 0.6 is 11.3 Å². The van der Waals surface area contributed by atoms with Gasteiger partial charge in [0.15, 0.2) is 5.13 Å². The Morgan fingerprint density at radius 3 is 2.70 bits per heavy atom. The third-order valence-corrected chi connectivity index (χ3v) is 4.05. The second kappa shape index (κ2) is 5.51. The van der Waals surface area contributed by atoms with Gasteiger partial charge in [0.25, 0.3) is 0 Å². The van der Waals surface area contributed by atoms with Gasteiger partial charge in [0, 0.05) is 17.6 Å². The minimum absolute atomic E-state index is 0.787. The number of aryl methyl sites for hydroxylation is 1. The van der Waals surface area contributed by atoms with Crippen LogP contribution in [0.1, 0.15) is 10.4 Å². The Balaban J connectivity index is 1.78. The largest absolute Gasteiger partial charge is 0.497 e.